The molecule has 0 bridgehead atoms. The summed E-state index contributed by atoms with van der Waals surface area (Å²) in [5.41, 5.74) is -0.0307. The van der Waals surface area contributed by atoms with Gasteiger partial charge in [0.25, 0.3) is 5.91 Å². The first-order chi connectivity index (χ1) is 9.62. The smallest absolute Gasteiger partial charge is 0.252 e. The van der Waals surface area contributed by atoms with Crippen molar-refractivity contribution < 1.29 is 9.90 Å². The normalized spacial score (nSPS) is 10.9. The number of carbonyl (C=O) groups excluding carboxylic acids is 1. The molecule has 0 aliphatic rings. The number of amides is 1. The maximum absolute atomic E-state index is 12.4. The zero-order valence-corrected chi connectivity index (χ0v) is 12.7. The van der Waals surface area contributed by atoms with Crippen LogP contribution in [-0.4, -0.2) is 28.9 Å². The summed E-state index contributed by atoms with van der Waals surface area (Å²) < 4.78 is 0. The molecule has 108 valence electrons. The van der Waals surface area contributed by atoms with Gasteiger partial charge >= 0.3 is 0 Å². The first kappa shape index (κ1) is 16.5. The predicted octanol–water partition coefficient (Wildman–Crippen LogP) is 2.58. The molecule has 1 rings (SSSR count). The summed E-state index contributed by atoms with van der Waals surface area (Å²) in [6.45, 7) is 3.80. The number of benzene rings is 1. The van der Waals surface area contributed by atoms with Gasteiger partial charge in [-0.2, -0.15) is 5.26 Å². The van der Waals surface area contributed by atoms with Crippen molar-refractivity contribution >= 4 is 17.7 Å². The van der Waals surface area contributed by atoms with Gasteiger partial charge in [-0.3, -0.25) is 4.79 Å². The lowest BCUT2D eigenvalue weighted by atomic mass is 9.93. The van der Waals surface area contributed by atoms with Gasteiger partial charge < -0.3 is 10.4 Å². The van der Waals surface area contributed by atoms with E-state index in [4.69, 9.17) is 5.26 Å². The fraction of sp³-hybridized carbons (Fsp3) is 0.467. The Morgan fingerprint density at radius 2 is 2.05 bits per heavy atom. The molecule has 2 N–H and O–H groups in total. The second kappa shape index (κ2) is 7.93. The second-order valence-electron chi connectivity index (χ2n) is 4.54. The van der Waals surface area contributed by atoms with Crippen LogP contribution in [0.15, 0.2) is 29.2 Å². The SMILES string of the molecule is CCC(CC)(CO)NC(=O)c1ccccc1SCC#N. The minimum Gasteiger partial charge on any atom is -0.394 e. The predicted molar refractivity (Wildman–Crippen MR) is 80.6 cm³/mol. The van der Waals surface area contributed by atoms with Gasteiger partial charge in [-0.1, -0.05) is 26.0 Å². The van der Waals surface area contributed by atoms with Crippen LogP contribution in [0.1, 0.15) is 37.0 Å². The third kappa shape index (κ3) is 3.99. The molecule has 0 fully saturated rings. The number of hydrogen-bond acceptors (Lipinski definition) is 4. The Labute approximate surface area is 124 Å². The largest absolute Gasteiger partial charge is 0.394 e. The summed E-state index contributed by atoms with van der Waals surface area (Å²) in [4.78, 5) is 13.2. The molecule has 0 aromatic heterocycles. The number of hydrogen-bond donors (Lipinski definition) is 2. The Morgan fingerprint density at radius 1 is 1.40 bits per heavy atom. The Morgan fingerprint density at radius 3 is 2.60 bits per heavy atom. The molecule has 0 aliphatic carbocycles. The Hall–Kier alpha value is -1.51. The number of nitrogens with zero attached hydrogens (tertiary/aromatic N) is 1. The zero-order chi connectivity index (χ0) is 15.0. The molecule has 1 aromatic rings. The highest BCUT2D eigenvalue weighted by Gasteiger charge is 2.28. The quantitative estimate of drug-likeness (QED) is 0.758. The minimum atomic E-state index is -0.579. The summed E-state index contributed by atoms with van der Waals surface area (Å²) in [5, 5.41) is 21.1. The van der Waals surface area contributed by atoms with Crippen molar-refractivity contribution in [3.05, 3.63) is 29.8 Å². The fourth-order valence-corrected chi connectivity index (χ4v) is 2.60. The van der Waals surface area contributed by atoms with Gasteiger partial charge in [0, 0.05) is 4.90 Å². The van der Waals surface area contributed by atoms with E-state index in [-0.39, 0.29) is 12.5 Å². The first-order valence-electron chi connectivity index (χ1n) is 6.64. The Bertz CT molecular complexity index is 485. The van der Waals surface area contributed by atoms with E-state index in [0.717, 1.165) is 4.90 Å². The lowest BCUT2D eigenvalue weighted by Crippen LogP contribution is -2.50. The van der Waals surface area contributed by atoms with Crippen LogP contribution in [0.2, 0.25) is 0 Å². The molecule has 0 spiro atoms. The topological polar surface area (TPSA) is 73.1 Å². The van der Waals surface area contributed by atoms with Crippen LogP contribution in [0.5, 0.6) is 0 Å². The third-order valence-corrected chi connectivity index (χ3v) is 4.40. The second-order valence-corrected chi connectivity index (χ2v) is 5.56. The van der Waals surface area contributed by atoms with Crippen LogP contribution < -0.4 is 5.32 Å². The number of thioether (sulfide) groups is 1. The van der Waals surface area contributed by atoms with Crippen LogP contribution >= 0.6 is 11.8 Å². The molecule has 1 aromatic carbocycles. The Balaban J connectivity index is 2.95. The molecule has 0 saturated heterocycles. The van der Waals surface area contributed by atoms with Gasteiger partial charge in [0.15, 0.2) is 0 Å². The highest BCUT2D eigenvalue weighted by molar-refractivity contribution is 7.99. The van der Waals surface area contributed by atoms with Gasteiger partial charge in [0.1, 0.15) is 0 Å². The lowest BCUT2D eigenvalue weighted by Gasteiger charge is -2.31. The van der Waals surface area contributed by atoms with Crippen molar-refractivity contribution in [2.24, 2.45) is 0 Å². The molecule has 0 saturated carbocycles. The maximum Gasteiger partial charge on any atom is 0.252 e. The molecule has 5 heteroatoms. The van der Waals surface area contributed by atoms with E-state index in [1.165, 1.54) is 11.8 Å². The molecular formula is C15H20N2O2S. The van der Waals surface area contributed by atoms with E-state index >= 15 is 0 Å². The van der Waals surface area contributed by atoms with E-state index in [1.807, 2.05) is 26.0 Å². The van der Waals surface area contributed by atoms with E-state index in [1.54, 1.807) is 12.1 Å². The monoisotopic (exact) mass is 292 g/mol. The number of rotatable bonds is 7. The number of aliphatic hydroxyl groups excluding tert-OH is 1. The van der Waals surface area contributed by atoms with Crippen LogP contribution in [0.3, 0.4) is 0 Å². The molecule has 0 aliphatic heterocycles. The fourth-order valence-electron chi connectivity index (χ4n) is 1.89. The highest BCUT2D eigenvalue weighted by Crippen LogP contribution is 2.23. The van der Waals surface area contributed by atoms with Crippen molar-refractivity contribution in [1.29, 1.82) is 5.26 Å². The molecule has 0 unspecified atom stereocenters. The maximum atomic E-state index is 12.4. The molecule has 0 heterocycles. The van der Waals surface area contributed by atoms with Crippen LogP contribution in [0, 0.1) is 11.3 Å². The lowest BCUT2D eigenvalue weighted by molar-refractivity contribution is 0.0815. The summed E-state index contributed by atoms with van der Waals surface area (Å²) in [5.74, 6) is 0.0977. The number of nitrogens with one attached hydrogen (secondary N) is 1. The number of carbonyl (C=O) groups is 1. The van der Waals surface area contributed by atoms with E-state index in [0.29, 0.717) is 24.2 Å². The Kier molecular flexibility index (Phi) is 6.56. The molecule has 0 atom stereocenters. The molecule has 1 amide bonds. The average molecular weight is 292 g/mol. The summed E-state index contributed by atoms with van der Waals surface area (Å²) in [6, 6.07) is 9.26. The number of nitriles is 1. The molecule has 4 nitrogen and oxygen atoms in total. The zero-order valence-electron chi connectivity index (χ0n) is 11.8. The van der Waals surface area contributed by atoms with Crippen molar-refractivity contribution in [1.82, 2.24) is 5.32 Å². The van der Waals surface area contributed by atoms with Gasteiger partial charge in [-0.15, -0.1) is 11.8 Å². The third-order valence-electron chi connectivity index (χ3n) is 3.46. The molecule has 20 heavy (non-hydrogen) atoms. The minimum absolute atomic E-state index is 0.0841. The number of aliphatic hydroxyl groups is 1. The standard InChI is InChI=1S/C15H20N2O2S/c1-3-15(4-2,11-18)17-14(19)12-7-5-6-8-13(12)20-10-9-16/h5-8,18H,3-4,10-11H2,1-2H3,(H,17,19). The van der Waals surface area contributed by atoms with Crippen LogP contribution in [0.25, 0.3) is 0 Å². The van der Waals surface area contributed by atoms with Gasteiger partial charge in [0.05, 0.1) is 29.5 Å². The van der Waals surface area contributed by atoms with Crippen LogP contribution in [-0.2, 0) is 0 Å². The van der Waals surface area contributed by atoms with E-state index in [2.05, 4.69) is 11.4 Å². The van der Waals surface area contributed by atoms with E-state index < -0.39 is 5.54 Å². The summed E-state index contributed by atoms with van der Waals surface area (Å²) in [6.07, 6.45) is 1.33. The van der Waals surface area contributed by atoms with Crippen molar-refractivity contribution in [3.63, 3.8) is 0 Å². The van der Waals surface area contributed by atoms with Gasteiger partial charge in [0.2, 0.25) is 0 Å². The molecular weight excluding hydrogens is 272 g/mol. The molecule has 0 radical (unpaired) electrons. The van der Waals surface area contributed by atoms with Crippen LogP contribution in [0.4, 0.5) is 0 Å². The first-order valence-corrected chi connectivity index (χ1v) is 7.63. The summed E-state index contributed by atoms with van der Waals surface area (Å²) >= 11 is 1.34. The average Bonchev–Trinajstić information content (AvgIpc) is 2.51. The highest BCUT2D eigenvalue weighted by atomic mass is 32.2. The van der Waals surface area contributed by atoms with E-state index in [9.17, 15) is 9.90 Å². The van der Waals surface area contributed by atoms with Gasteiger partial charge in [-0.05, 0) is 25.0 Å². The summed E-state index contributed by atoms with van der Waals surface area (Å²) in [7, 11) is 0. The van der Waals surface area contributed by atoms with Crippen molar-refractivity contribution in [3.8, 4) is 6.07 Å². The van der Waals surface area contributed by atoms with Gasteiger partial charge in [-0.25, -0.2) is 0 Å². The van der Waals surface area contributed by atoms with Crippen molar-refractivity contribution in [2.75, 3.05) is 12.4 Å². The van der Waals surface area contributed by atoms with Crippen molar-refractivity contribution in [2.45, 2.75) is 37.1 Å².